The number of benzene rings is 1. The quantitative estimate of drug-likeness (QED) is 0.575. The van der Waals surface area contributed by atoms with Crippen LogP contribution in [0.1, 0.15) is 27.3 Å². The smallest absolute Gasteiger partial charge is 0.422 e. The molecule has 1 amide bonds. The van der Waals surface area contributed by atoms with E-state index in [0.29, 0.717) is 13.0 Å². The number of carbonyl (C=O) groups excluding carboxylic acids is 1. The van der Waals surface area contributed by atoms with Crippen LogP contribution >= 0.6 is 11.6 Å². The predicted molar refractivity (Wildman–Crippen MR) is 110 cm³/mol. The Kier molecular flexibility index (Phi) is 6.84. The summed E-state index contributed by atoms with van der Waals surface area (Å²) < 4.78 is 43.0. The maximum atomic E-state index is 12.3. The van der Waals surface area contributed by atoms with Gasteiger partial charge in [-0.15, -0.1) is 0 Å². The van der Waals surface area contributed by atoms with Crippen molar-refractivity contribution in [3.63, 3.8) is 0 Å². The number of rotatable bonds is 7. The van der Waals surface area contributed by atoms with Crippen molar-refractivity contribution in [3.8, 4) is 11.6 Å². The largest absolute Gasteiger partial charge is 0.467 e. The van der Waals surface area contributed by atoms with E-state index in [4.69, 9.17) is 11.6 Å². The van der Waals surface area contributed by atoms with E-state index in [9.17, 15) is 18.0 Å². The third-order valence-electron chi connectivity index (χ3n) is 4.33. The first kappa shape index (κ1) is 22.6. The SMILES string of the molecule is Cc1cc(C)n(-c2ccc(CCNC(=O)c3cnc(OCC(F)(F)F)c(Cl)c3)cc2)n1. The van der Waals surface area contributed by atoms with Gasteiger partial charge in [0.2, 0.25) is 5.88 Å². The molecule has 0 unspecified atom stereocenters. The van der Waals surface area contributed by atoms with Crippen molar-refractivity contribution in [3.05, 3.63) is 70.1 Å². The first-order chi connectivity index (χ1) is 14.6. The van der Waals surface area contributed by atoms with Crippen molar-refractivity contribution in [1.82, 2.24) is 20.1 Å². The van der Waals surface area contributed by atoms with Crippen molar-refractivity contribution in [1.29, 1.82) is 0 Å². The van der Waals surface area contributed by atoms with Gasteiger partial charge in [0.25, 0.3) is 5.91 Å². The number of aryl methyl sites for hydroxylation is 2. The second-order valence-electron chi connectivity index (χ2n) is 6.93. The van der Waals surface area contributed by atoms with E-state index in [1.54, 1.807) is 0 Å². The first-order valence-corrected chi connectivity index (χ1v) is 9.76. The normalized spacial score (nSPS) is 11.4. The highest BCUT2D eigenvalue weighted by Crippen LogP contribution is 2.25. The van der Waals surface area contributed by atoms with Gasteiger partial charge in [-0.25, -0.2) is 9.67 Å². The molecule has 2 heterocycles. The number of nitrogens with one attached hydrogen (secondary N) is 1. The fourth-order valence-electron chi connectivity index (χ4n) is 2.92. The molecule has 1 aromatic carbocycles. The van der Waals surface area contributed by atoms with E-state index < -0.39 is 18.7 Å². The molecule has 31 heavy (non-hydrogen) atoms. The molecule has 0 spiro atoms. The number of halogens is 4. The molecule has 6 nitrogen and oxygen atoms in total. The third kappa shape index (κ3) is 6.21. The molecular formula is C21H20ClF3N4O2. The first-order valence-electron chi connectivity index (χ1n) is 9.38. The zero-order chi connectivity index (χ0) is 22.6. The van der Waals surface area contributed by atoms with E-state index in [1.165, 1.54) is 6.07 Å². The number of amides is 1. The lowest BCUT2D eigenvalue weighted by Gasteiger charge is -2.11. The molecule has 0 saturated carbocycles. The van der Waals surface area contributed by atoms with Gasteiger partial charge in [-0.2, -0.15) is 18.3 Å². The summed E-state index contributed by atoms with van der Waals surface area (Å²) in [4.78, 5) is 15.9. The standard InChI is InChI=1S/C21H20ClF3N4O2/c1-13-9-14(2)29(28-13)17-5-3-15(4-6-17)7-8-26-19(30)16-10-18(22)20(27-11-16)31-12-21(23,24)25/h3-6,9-11H,7-8,12H2,1-2H3,(H,26,30). The minimum Gasteiger partial charge on any atom is -0.467 e. The summed E-state index contributed by atoms with van der Waals surface area (Å²) in [5.74, 6) is -0.811. The van der Waals surface area contributed by atoms with Crippen LogP contribution in [-0.4, -0.2) is 40.0 Å². The maximum absolute atomic E-state index is 12.3. The van der Waals surface area contributed by atoms with Gasteiger partial charge < -0.3 is 10.1 Å². The molecule has 2 aromatic heterocycles. The molecule has 0 aliphatic carbocycles. The van der Waals surface area contributed by atoms with Gasteiger partial charge in [-0.05, 0) is 50.1 Å². The summed E-state index contributed by atoms with van der Waals surface area (Å²) in [5, 5.41) is 7.01. The summed E-state index contributed by atoms with van der Waals surface area (Å²) >= 11 is 5.87. The zero-order valence-corrected chi connectivity index (χ0v) is 17.6. The van der Waals surface area contributed by atoms with Gasteiger partial charge in [-0.3, -0.25) is 4.79 Å². The van der Waals surface area contributed by atoms with Crippen molar-refractivity contribution in [2.45, 2.75) is 26.4 Å². The number of aromatic nitrogens is 3. The topological polar surface area (TPSA) is 69.0 Å². The van der Waals surface area contributed by atoms with Gasteiger partial charge in [0.05, 0.1) is 16.9 Å². The fraction of sp³-hybridized carbons (Fsp3) is 0.286. The lowest BCUT2D eigenvalue weighted by atomic mass is 10.1. The highest BCUT2D eigenvalue weighted by molar-refractivity contribution is 6.32. The zero-order valence-electron chi connectivity index (χ0n) is 16.8. The van der Waals surface area contributed by atoms with E-state index in [1.807, 2.05) is 48.9 Å². The van der Waals surface area contributed by atoms with Crippen molar-refractivity contribution >= 4 is 17.5 Å². The highest BCUT2D eigenvalue weighted by Gasteiger charge is 2.29. The number of nitrogens with zero attached hydrogens (tertiary/aromatic N) is 3. The molecule has 0 bridgehead atoms. The van der Waals surface area contributed by atoms with Crippen LogP contribution in [0.3, 0.4) is 0 Å². The molecule has 1 N–H and O–H groups in total. The van der Waals surface area contributed by atoms with Gasteiger partial charge in [0, 0.05) is 18.4 Å². The summed E-state index contributed by atoms with van der Waals surface area (Å²) in [6, 6.07) is 11.1. The van der Waals surface area contributed by atoms with Crippen LogP contribution < -0.4 is 10.1 Å². The molecule has 0 aliphatic heterocycles. The molecule has 0 atom stereocenters. The Morgan fingerprint density at radius 1 is 1.19 bits per heavy atom. The lowest BCUT2D eigenvalue weighted by molar-refractivity contribution is -0.154. The van der Waals surface area contributed by atoms with E-state index in [-0.39, 0.29) is 16.5 Å². The number of alkyl halides is 3. The van der Waals surface area contributed by atoms with Gasteiger partial charge in [0.15, 0.2) is 6.61 Å². The molecule has 0 fully saturated rings. The van der Waals surface area contributed by atoms with Crippen LogP contribution in [0, 0.1) is 13.8 Å². The molecule has 164 valence electrons. The number of hydrogen-bond donors (Lipinski definition) is 1. The number of ether oxygens (including phenoxy) is 1. The maximum Gasteiger partial charge on any atom is 0.422 e. The molecule has 0 saturated heterocycles. The highest BCUT2D eigenvalue weighted by atomic mass is 35.5. The molecule has 3 rings (SSSR count). The van der Waals surface area contributed by atoms with Crippen LogP contribution in [0.4, 0.5) is 13.2 Å². The second-order valence-corrected chi connectivity index (χ2v) is 7.33. The minimum atomic E-state index is -4.50. The van der Waals surface area contributed by atoms with Crippen LogP contribution in [-0.2, 0) is 6.42 Å². The number of carbonyl (C=O) groups is 1. The van der Waals surface area contributed by atoms with Crippen LogP contribution in [0.25, 0.3) is 5.69 Å². The van der Waals surface area contributed by atoms with Gasteiger partial charge in [0.1, 0.15) is 5.02 Å². The molecule has 0 radical (unpaired) electrons. The summed E-state index contributed by atoms with van der Waals surface area (Å²) in [6.07, 6.45) is -2.79. The van der Waals surface area contributed by atoms with E-state index in [0.717, 1.165) is 28.8 Å². The molecular weight excluding hydrogens is 433 g/mol. The van der Waals surface area contributed by atoms with E-state index in [2.05, 4.69) is 20.1 Å². The Hall–Kier alpha value is -3.07. The predicted octanol–water partition coefficient (Wildman–Crippen LogP) is 4.45. The van der Waals surface area contributed by atoms with Crippen LogP contribution in [0.15, 0.2) is 42.6 Å². The Bertz CT molecular complexity index is 1070. The monoisotopic (exact) mass is 452 g/mol. The molecule has 0 aliphatic rings. The summed E-state index contributed by atoms with van der Waals surface area (Å²) in [6.45, 7) is 2.78. The van der Waals surface area contributed by atoms with Crippen LogP contribution in [0.2, 0.25) is 5.02 Å². The summed E-state index contributed by atoms with van der Waals surface area (Å²) in [5.41, 5.74) is 4.09. The van der Waals surface area contributed by atoms with Crippen molar-refractivity contribution in [2.75, 3.05) is 13.2 Å². The van der Waals surface area contributed by atoms with Gasteiger partial charge in [-0.1, -0.05) is 23.7 Å². The fourth-order valence-corrected chi connectivity index (χ4v) is 3.14. The Morgan fingerprint density at radius 2 is 1.90 bits per heavy atom. The van der Waals surface area contributed by atoms with E-state index >= 15 is 0 Å². The van der Waals surface area contributed by atoms with Gasteiger partial charge >= 0.3 is 6.18 Å². The average Bonchev–Trinajstić information content (AvgIpc) is 3.04. The Morgan fingerprint density at radius 3 is 2.48 bits per heavy atom. The lowest BCUT2D eigenvalue weighted by Crippen LogP contribution is -2.26. The Balaban J connectivity index is 1.53. The Labute approximate surface area is 182 Å². The molecule has 3 aromatic rings. The van der Waals surface area contributed by atoms with Crippen molar-refractivity contribution in [2.24, 2.45) is 0 Å². The average molecular weight is 453 g/mol. The van der Waals surface area contributed by atoms with Crippen molar-refractivity contribution < 1.29 is 22.7 Å². The minimum absolute atomic E-state index is 0.129. The third-order valence-corrected chi connectivity index (χ3v) is 4.60. The van der Waals surface area contributed by atoms with Crippen LogP contribution in [0.5, 0.6) is 5.88 Å². The second kappa shape index (κ2) is 9.38. The summed E-state index contributed by atoms with van der Waals surface area (Å²) in [7, 11) is 0. The number of pyridine rings is 1. The number of hydrogen-bond acceptors (Lipinski definition) is 4. The molecule has 10 heteroatoms.